The molecule has 0 unspecified atom stereocenters. The van der Waals surface area contributed by atoms with Gasteiger partial charge < -0.3 is 10.1 Å². The molecule has 3 rings (SSSR count). The Bertz CT molecular complexity index is 735. The van der Waals surface area contributed by atoms with Gasteiger partial charge in [0.15, 0.2) is 0 Å². The Morgan fingerprint density at radius 1 is 1.25 bits per heavy atom. The van der Waals surface area contributed by atoms with Crippen LogP contribution in [-0.2, 0) is 16.9 Å². The highest BCUT2D eigenvalue weighted by atomic mass is 19.1. The van der Waals surface area contributed by atoms with E-state index in [0.29, 0.717) is 6.42 Å². The summed E-state index contributed by atoms with van der Waals surface area (Å²) in [5.74, 6) is -0.972. The van der Waals surface area contributed by atoms with Crippen molar-refractivity contribution in [2.24, 2.45) is 5.92 Å². The topological polar surface area (TPSA) is 38.3 Å². The van der Waals surface area contributed by atoms with Crippen molar-refractivity contribution in [3.05, 3.63) is 71.3 Å². The molecule has 2 aromatic rings. The van der Waals surface area contributed by atoms with Gasteiger partial charge in [0.25, 0.3) is 0 Å². The fraction of sp³-hybridized carbons (Fsp3) is 0.316. The molecule has 0 radical (unpaired) electrons. The molecular formula is C19H19F2NO2. The second-order valence-electron chi connectivity index (χ2n) is 6.09. The Morgan fingerprint density at radius 3 is 2.67 bits per heavy atom. The number of hydrogen-bond donors (Lipinski definition) is 1. The molecule has 0 heterocycles. The zero-order valence-corrected chi connectivity index (χ0v) is 13.4. The van der Waals surface area contributed by atoms with Gasteiger partial charge in [0.1, 0.15) is 18.2 Å². The first-order valence-electron chi connectivity index (χ1n) is 7.99. The number of halogens is 2. The van der Waals surface area contributed by atoms with Gasteiger partial charge in [-0.05, 0) is 36.1 Å². The van der Waals surface area contributed by atoms with Crippen LogP contribution in [0.2, 0.25) is 0 Å². The average Bonchev–Trinajstić information content (AvgIpc) is 3.30. The summed E-state index contributed by atoms with van der Waals surface area (Å²) >= 11 is 0. The van der Waals surface area contributed by atoms with Crippen molar-refractivity contribution in [2.75, 3.05) is 0 Å². The van der Waals surface area contributed by atoms with Crippen LogP contribution in [0.15, 0.2) is 48.5 Å². The van der Waals surface area contributed by atoms with E-state index in [9.17, 15) is 13.6 Å². The van der Waals surface area contributed by atoms with Gasteiger partial charge in [0, 0.05) is 5.56 Å². The van der Waals surface area contributed by atoms with Crippen molar-refractivity contribution < 1.29 is 18.3 Å². The number of amides is 1. The Balaban J connectivity index is 1.72. The minimum Gasteiger partial charge on any atom is -0.445 e. The lowest BCUT2D eigenvalue weighted by Crippen LogP contribution is -2.37. The first-order chi connectivity index (χ1) is 11.5. The van der Waals surface area contributed by atoms with Crippen LogP contribution in [0.5, 0.6) is 0 Å². The standard InChI is InChI=1S/C19H19F2NO2/c1-2-14-11-19(14,16-10-15(20)8-9-17(16)21)22-18(23)24-12-13-6-4-3-5-7-13/h3-10,14H,2,11-12H2,1H3,(H,22,23)/t14-,19-/m1/s1. The summed E-state index contributed by atoms with van der Waals surface area (Å²) in [6.07, 6.45) is 0.706. The number of carbonyl (C=O) groups is 1. The van der Waals surface area contributed by atoms with Gasteiger partial charge in [-0.3, -0.25) is 0 Å². The molecule has 0 bridgehead atoms. The minimum atomic E-state index is -0.880. The SMILES string of the molecule is CC[C@@H]1C[C@]1(NC(=O)OCc1ccccc1)c1cc(F)ccc1F. The van der Waals surface area contributed by atoms with Crippen LogP contribution in [0.3, 0.4) is 0 Å². The zero-order valence-electron chi connectivity index (χ0n) is 13.4. The third-order valence-corrected chi connectivity index (χ3v) is 4.54. The van der Waals surface area contributed by atoms with E-state index in [0.717, 1.165) is 30.2 Å². The van der Waals surface area contributed by atoms with Crippen molar-refractivity contribution in [3.63, 3.8) is 0 Å². The largest absolute Gasteiger partial charge is 0.445 e. The minimum absolute atomic E-state index is 0.0677. The molecule has 126 valence electrons. The maximum atomic E-state index is 14.2. The lowest BCUT2D eigenvalue weighted by Gasteiger charge is -2.20. The third-order valence-electron chi connectivity index (χ3n) is 4.54. The number of benzene rings is 2. The van der Waals surface area contributed by atoms with Gasteiger partial charge in [-0.15, -0.1) is 0 Å². The quantitative estimate of drug-likeness (QED) is 0.875. The lowest BCUT2D eigenvalue weighted by atomic mass is 10.0. The van der Waals surface area contributed by atoms with E-state index in [-0.39, 0.29) is 18.1 Å². The van der Waals surface area contributed by atoms with Gasteiger partial charge in [-0.1, -0.05) is 43.7 Å². The number of rotatable bonds is 5. The van der Waals surface area contributed by atoms with Gasteiger partial charge in [0.05, 0.1) is 5.54 Å². The van der Waals surface area contributed by atoms with Crippen LogP contribution in [0.4, 0.5) is 13.6 Å². The van der Waals surface area contributed by atoms with Crippen LogP contribution >= 0.6 is 0 Å². The van der Waals surface area contributed by atoms with Crippen molar-refractivity contribution in [1.82, 2.24) is 5.32 Å². The molecule has 5 heteroatoms. The van der Waals surface area contributed by atoms with Crippen LogP contribution in [0.25, 0.3) is 0 Å². The van der Waals surface area contributed by atoms with Gasteiger partial charge in [-0.25, -0.2) is 13.6 Å². The molecule has 2 aromatic carbocycles. The highest BCUT2D eigenvalue weighted by Crippen LogP contribution is 2.54. The van der Waals surface area contributed by atoms with E-state index in [4.69, 9.17) is 4.74 Å². The molecule has 1 N–H and O–H groups in total. The summed E-state index contributed by atoms with van der Waals surface area (Å²) in [4.78, 5) is 12.2. The van der Waals surface area contributed by atoms with Crippen molar-refractivity contribution in [2.45, 2.75) is 31.9 Å². The molecule has 1 saturated carbocycles. The monoisotopic (exact) mass is 331 g/mol. The lowest BCUT2D eigenvalue weighted by molar-refractivity contribution is 0.132. The van der Waals surface area contributed by atoms with Crippen LogP contribution in [-0.4, -0.2) is 6.09 Å². The molecule has 24 heavy (non-hydrogen) atoms. The van der Waals surface area contributed by atoms with Gasteiger partial charge in [0.2, 0.25) is 0 Å². The molecule has 2 atom stereocenters. The van der Waals surface area contributed by atoms with E-state index in [1.54, 1.807) is 0 Å². The number of hydrogen-bond acceptors (Lipinski definition) is 2. The molecule has 3 nitrogen and oxygen atoms in total. The molecule has 1 aliphatic carbocycles. The smallest absolute Gasteiger partial charge is 0.408 e. The second-order valence-corrected chi connectivity index (χ2v) is 6.09. The number of nitrogens with one attached hydrogen (secondary N) is 1. The zero-order chi connectivity index (χ0) is 17.2. The van der Waals surface area contributed by atoms with Crippen LogP contribution < -0.4 is 5.32 Å². The maximum Gasteiger partial charge on any atom is 0.408 e. The Labute approximate surface area is 139 Å². The van der Waals surface area contributed by atoms with E-state index in [2.05, 4.69) is 5.32 Å². The summed E-state index contributed by atoms with van der Waals surface area (Å²) in [5, 5.41) is 2.76. The van der Waals surface area contributed by atoms with Crippen molar-refractivity contribution in [3.8, 4) is 0 Å². The Kier molecular flexibility index (Phi) is 4.51. The predicted molar refractivity (Wildman–Crippen MR) is 86.2 cm³/mol. The number of ether oxygens (including phenoxy) is 1. The fourth-order valence-corrected chi connectivity index (χ4v) is 3.15. The molecule has 1 fully saturated rings. The molecule has 0 spiro atoms. The van der Waals surface area contributed by atoms with Gasteiger partial charge >= 0.3 is 6.09 Å². The summed E-state index contributed by atoms with van der Waals surface area (Å²) in [6, 6.07) is 12.6. The second kappa shape index (κ2) is 6.59. The van der Waals surface area contributed by atoms with E-state index >= 15 is 0 Å². The first kappa shape index (κ1) is 16.4. The predicted octanol–water partition coefficient (Wildman–Crippen LogP) is 4.52. The van der Waals surface area contributed by atoms with Crippen LogP contribution in [0.1, 0.15) is 30.9 Å². The van der Waals surface area contributed by atoms with Crippen molar-refractivity contribution >= 4 is 6.09 Å². The summed E-state index contributed by atoms with van der Waals surface area (Å²) in [5.41, 5.74) is 0.168. The Hall–Kier alpha value is -2.43. The fourth-order valence-electron chi connectivity index (χ4n) is 3.15. The average molecular weight is 331 g/mol. The summed E-state index contributed by atoms with van der Waals surface area (Å²) in [6.45, 7) is 2.09. The van der Waals surface area contributed by atoms with Gasteiger partial charge in [-0.2, -0.15) is 0 Å². The molecule has 0 saturated heterocycles. The highest BCUT2D eigenvalue weighted by Gasteiger charge is 2.57. The maximum absolute atomic E-state index is 14.2. The first-order valence-corrected chi connectivity index (χ1v) is 7.99. The number of alkyl carbamates (subject to hydrolysis) is 1. The molecule has 0 aliphatic heterocycles. The molecule has 0 aromatic heterocycles. The van der Waals surface area contributed by atoms with E-state index < -0.39 is 23.3 Å². The van der Waals surface area contributed by atoms with Crippen molar-refractivity contribution in [1.29, 1.82) is 0 Å². The normalized spacial score (nSPS) is 22.0. The summed E-state index contributed by atoms with van der Waals surface area (Å²) < 4.78 is 32.9. The number of carbonyl (C=O) groups excluding carboxylic acids is 1. The highest BCUT2D eigenvalue weighted by molar-refractivity contribution is 5.70. The van der Waals surface area contributed by atoms with E-state index in [1.165, 1.54) is 0 Å². The third kappa shape index (κ3) is 3.25. The van der Waals surface area contributed by atoms with E-state index in [1.807, 2.05) is 37.3 Å². The molecular weight excluding hydrogens is 312 g/mol. The summed E-state index contributed by atoms with van der Waals surface area (Å²) in [7, 11) is 0. The molecule has 1 amide bonds. The van der Waals surface area contributed by atoms with Crippen LogP contribution in [0, 0.1) is 17.6 Å². The Morgan fingerprint density at radius 2 is 2.00 bits per heavy atom. The molecule has 1 aliphatic rings.